The van der Waals surface area contributed by atoms with Crippen molar-refractivity contribution in [3.05, 3.63) is 0 Å². The van der Waals surface area contributed by atoms with E-state index in [9.17, 15) is 4.79 Å². The number of nitrogens with one attached hydrogen (secondary N) is 1. The standard InChI is InChI=1S/C22H44BrNOS/c1-7-9-10-11-13-19(21(3,4)15-8-2)14-12-17-26-18-16-24-20(25)22(5,6)23/h19H,7-18H2,1-6H3,(H,24,25). The van der Waals surface area contributed by atoms with E-state index in [1.807, 2.05) is 25.6 Å². The zero-order chi connectivity index (χ0) is 20.1. The van der Waals surface area contributed by atoms with Crippen LogP contribution in [0.5, 0.6) is 0 Å². The van der Waals surface area contributed by atoms with E-state index in [1.165, 1.54) is 63.5 Å². The molecule has 4 heteroatoms. The van der Waals surface area contributed by atoms with Gasteiger partial charge in [0.2, 0.25) is 5.91 Å². The van der Waals surface area contributed by atoms with Gasteiger partial charge in [-0.3, -0.25) is 4.79 Å². The molecule has 26 heavy (non-hydrogen) atoms. The minimum atomic E-state index is -0.465. The fourth-order valence-electron chi connectivity index (χ4n) is 3.57. The fourth-order valence-corrected chi connectivity index (χ4v) is 4.53. The first-order chi connectivity index (χ1) is 12.1. The number of halogens is 1. The molecule has 1 N–H and O–H groups in total. The Bertz CT molecular complexity index is 366. The van der Waals surface area contributed by atoms with E-state index in [0.717, 1.165) is 18.2 Å². The molecule has 0 heterocycles. The molecule has 0 radical (unpaired) electrons. The normalized spacial score (nSPS) is 13.7. The van der Waals surface area contributed by atoms with Crippen LogP contribution in [0.2, 0.25) is 0 Å². The second-order valence-electron chi connectivity index (χ2n) is 8.77. The molecule has 0 aromatic heterocycles. The molecule has 0 aliphatic carbocycles. The van der Waals surface area contributed by atoms with Gasteiger partial charge in [-0.2, -0.15) is 11.8 Å². The Morgan fingerprint density at radius 1 is 0.962 bits per heavy atom. The molecule has 0 aromatic rings. The molecule has 1 atom stereocenters. The number of rotatable bonds is 16. The largest absolute Gasteiger partial charge is 0.354 e. The van der Waals surface area contributed by atoms with Crippen molar-refractivity contribution in [2.24, 2.45) is 11.3 Å². The van der Waals surface area contributed by atoms with Gasteiger partial charge in [0, 0.05) is 12.3 Å². The van der Waals surface area contributed by atoms with Crippen LogP contribution in [-0.2, 0) is 4.79 Å². The smallest absolute Gasteiger partial charge is 0.236 e. The third-order valence-electron chi connectivity index (χ3n) is 5.32. The van der Waals surface area contributed by atoms with Crippen LogP contribution in [-0.4, -0.2) is 28.3 Å². The van der Waals surface area contributed by atoms with E-state index in [-0.39, 0.29) is 5.91 Å². The third kappa shape index (κ3) is 12.6. The lowest BCUT2D eigenvalue weighted by atomic mass is 9.71. The first-order valence-electron chi connectivity index (χ1n) is 10.7. The van der Waals surface area contributed by atoms with Gasteiger partial charge in [0.05, 0.1) is 4.32 Å². The molecule has 0 saturated carbocycles. The summed E-state index contributed by atoms with van der Waals surface area (Å²) < 4.78 is -0.465. The maximum Gasteiger partial charge on any atom is 0.236 e. The van der Waals surface area contributed by atoms with E-state index < -0.39 is 4.32 Å². The van der Waals surface area contributed by atoms with Gasteiger partial charge >= 0.3 is 0 Å². The summed E-state index contributed by atoms with van der Waals surface area (Å²) in [4.78, 5) is 11.8. The Kier molecular flexibility index (Phi) is 14.5. The molecule has 0 saturated heterocycles. The molecule has 1 amide bonds. The van der Waals surface area contributed by atoms with Gasteiger partial charge in [0.25, 0.3) is 0 Å². The summed E-state index contributed by atoms with van der Waals surface area (Å²) in [5.41, 5.74) is 0.473. The van der Waals surface area contributed by atoms with Crippen molar-refractivity contribution in [2.45, 2.75) is 104 Å². The number of thioether (sulfide) groups is 1. The van der Waals surface area contributed by atoms with Crippen molar-refractivity contribution in [2.75, 3.05) is 18.1 Å². The number of carbonyl (C=O) groups is 1. The van der Waals surface area contributed by atoms with Crippen LogP contribution < -0.4 is 5.32 Å². The Hall–Kier alpha value is 0.300. The molecule has 0 aliphatic heterocycles. The first kappa shape index (κ1) is 26.3. The molecular formula is C22H44BrNOS. The van der Waals surface area contributed by atoms with Crippen molar-refractivity contribution < 1.29 is 4.79 Å². The van der Waals surface area contributed by atoms with Crippen LogP contribution in [0, 0.1) is 11.3 Å². The highest BCUT2D eigenvalue weighted by molar-refractivity contribution is 9.10. The molecule has 0 aromatic carbocycles. The quantitative estimate of drug-likeness (QED) is 0.199. The van der Waals surface area contributed by atoms with Gasteiger partial charge in [-0.05, 0) is 56.6 Å². The predicted molar refractivity (Wildman–Crippen MR) is 124 cm³/mol. The van der Waals surface area contributed by atoms with Crippen molar-refractivity contribution in [1.29, 1.82) is 0 Å². The van der Waals surface area contributed by atoms with Crippen molar-refractivity contribution in [3.63, 3.8) is 0 Å². The van der Waals surface area contributed by atoms with E-state index >= 15 is 0 Å². The van der Waals surface area contributed by atoms with Crippen molar-refractivity contribution >= 4 is 33.6 Å². The van der Waals surface area contributed by atoms with Gasteiger partial charge in [-0.15, -0.1) is 0 Å². The summed E-state index contributed by atoms with van der Waals surface area (Å²) in [6, 6.07) is 0. The summed E-state index contributed by atoms with van der Waals surface area (Å²) >= 11 is 5.37. The molecular weight excluding hydrogens is 406 g/mol. The van der Waals surface area contributed by atoms with Crippen molar-refractivity contribution in [3.8, 4) is 0 Å². The maximum atomic E-state index is 11.8. The number of hydrogen-bond acceptors (Lipinski definition) is 2. The number of amides is 1. The minimum absolute atomic E-state index is 0.0755. The molecule has 1 unspecified atom stereocenters. The van der Waals surface area contributed by atoms with Crippen LogP contribution in [0.1, 0.15) is 99.3 Å². The molecule has 156 valence electrons. The Labute approximate surface area is 176 Å². The lowest BCUT2D eigenvalue weighted by Crippen LogP contribution is -2.38. The summed E-state index contributed by atoms with van der Waals surface area (Å²) in [6.45, 7) is 14.1. The van der Waals surface area contributed by atoms with Crippen LogP contribution >= 0.6 is 27.7 Å². The zero-order valence-electron chi connectivity index (χ0n) is 18.3. The SMILES string of the molecule is CCCCCCC(CCCSCCNC(=O)C(C)(C)Br)C(C)(C)CCC. The first-order valence-corrected chi connectivity index (χ1v) is 12.6. The molecule has 0 fully saturated rings. The van der Waals surface area contributed by atoms with Gasteiger partial charge < -0.3 is 5.32 Å². The minimum Gasteiger partial charge on any atom is -0.354 e. The van der Waals surface area contributed by atoms with E-state index in [0.29, 0.717) is 5.41 Å². The van der Waals surface area contributed by atoms with Crippen LogP contribution in [0.15, 0.2) is 0 Å². The lowest BCUT2D eigenvalue weighted by Gasteiger charge is -2.35. The van der Waals surface area contributed by atoms with E-state index in [1.54, 1.807) is 0 Å². The van der Waals surface area contributed by atoms with E-state index in [2.05, 4.69) is 48.9 Å². The van der Waals surface area contributed by atoms with Gasteiger partial charge in [0.1, 0.15) is 0 Å². The van der Waals surface area contributed by atoms with Crippen LogP contribution in [0.3, 0.4) is 0 Å². The van der Waals surface area contributed by atoms with Gasteiger partial charge in [-0.25, -0.2) is 0 Å². The zero-order valence-corrected chi connectivity index (χ0v) is 20.7. The van der Waals surface area contributed by atoms with Crippen molar-refractivity contribution in [1.82, 2.24) is 5.32 Å². The average Bonchev–Trinajstić information content (AvgIpc) is 2.54. The molecule has 0 aliphatic rings. The lowest BCUT2D eigenvalue weighted by molar-refractivity contribution is -0.122. The summed E-state index contributed by atoms with van der Waals surface area (Å²) in [5, 5.41) is 3.00. The number of hydrogen-bond donors (Lipinski definition) is 1. The Morgan fingerprint density at radius 3 is 2.19 bits per heavy atom. The summed E-state index contributed by atoms with van der Waals surface area (Å²) in [6.07, 6.45) is 12.2. The number of alkyl halides is 1. The molecule has 2 nitrogen and oxygen atoms in total. The monoisotopic (exact) mass is 449 g/mol. The maximum absolute atomic E-state index is 11.8. The topological polar surface area (TPSA) is 29.1 Å². The van der Waals surface area contributed by atoms with Gasteiger partial charge in [0.15, 0.2) is 0 Å². The number of carbonyl (C=O) groups excluding carboxylic acids is 1. The summed E-state index contributed by atoms with van der Waals surface area (Å²) in [5.74, 6) is 3.15. The predicted octanol–water partition coefficient (Wildman–Crippen LogP) is 7.20. The Morgan fingerprint density at radius 2 is 1.62 bits per heavy atom. The highest BCUT2D eigenvalue weighted by Gasteiger charge is 2.27. The van der Waals surface area contributed by atoms with E-state index in [4.69, 9.17) is 0 Å². The molecule has 0 spiro atoms. The Balaban J connectivity index is 4.06. The van der Waals surface area contributed by atoms with Crippen LogP contribution in [0.4, 0.5) is 0 Å². The molecule has 0 bridgehead atoms. The third-order valence-corrected chi connectivity index (χ3v) is 6.75. The highest BCUT2D eigenvalue weighted by atomic mass is 79.9. The second kappa shape index (κ2) is 14.3. The highest BCUT2D eigenvalue weighted by Crippen LogP contribution is 2.38. The number of unbranched alkanes of at least 4 members (excludes halogenated alkanes) is 3. The van der Waals surface area contributed by atoms with Crippen LogP contribution in [0.25, 0.3) is 0 Å². The van der Waals surface area contributed by atoms with Gasteiger partial charge in [-0.1, -0.05) is 75.7 Å². The average molecular weight is 451 g/mol. The second-order valence-corrected chi connectivity index (χ2v) is 12.0. The fraction of sp³-hybridized carbons (Fsp3) is 0.955. The molecule has 0 rings (SSSR count). The summed E-state index contributed by atoms with van der Waals surface area (Å²) in [7, 11) is 0.